The summed E-state index contributed by atoms with van der Waals surface area (Å²) >= 11 is 3.11. The van der Waals surface area contributed by atoms with E-state index in [1.807, 2.05) is 0 Å². The summed E-state index contributed by atoms with van der Waals surface area (Å²) in [5.41, 5.74) is 0. The Hall–Kier alpha value is 0.456. The topological polar surface area (TPSA) is 28.7 Å². The van der Waals surface area contributed by atoms with E-state index < -0.39 is 0 Å². The summed E-state index contributed by atoms with van der Waals surface area (Å²) < 4.78 is 0.780. The fourth-order valence-electron chi connectivity index (χ4n) is 0.246. The van der Waals surface area contributed by atoms with Crippen molar-refractivity contribution in [1.29, 1.82) is 0 Å². The first-order valence-electron chi connectivity index (χ1n) is 1.54. The molecule has 0 amide bonds. The second kappa shape index (κ2) is 3.46. The summed E-state index contributed by atoms with van der Waals surface area (Å²) in [5.74, 6) is 0. The minimum atomic E-state index is 0. The molecule has 0 aliphatic carbocycles. The SMILES string of the molecule is Brc1ncc[nH]1.[H-].[H-].[Mg+2]. The van der Waals surface area contributed by atoms with Gasteiger partial charge in [-0.2, -0.15) is 0 Å². The fraction of sp³-hybridized carbons (Fsp3) is 0. The largest absolute Gasteiger partial charge is 2.00 e. The van der Waals surface area contributed by atoms with Gasteiger partial charge in [0.2, 0.25) is 0 Å². The van der Waals surface area contributed by atoms with Gasteiger partial charge in [-0.3, -0.25) is 0 Å². The van der Waals surface area contributed by atoms with Crippen LogP contribution < -0.4 is 0 Å². The van der Waals surface area contributed by atoms with E-state index in [0.717, 1.165) is 4.73 Å². The zero-order chi connectivity index (χ0) is 4.41. The van der Waals surface area contributed by atoms with E-state index in [-0.39, 0.29) is 25.9 Å². The molecule has 4 heteroatoms. The average Bonchev–Trinajstić information content (AvgIpc) is 1.86. The van der Waals surface area contributed by atoms with Crippen molar-refractivity contribution in [1.82, 2.24) is 9.97 Å². The Bertz CT molecular complexity index is 123. The summed E-state index contributed by atoms with van der Waals surface area (Å²) in [5, 5.41) is 0. The zero-order valence-corrected chi connectivity index (χ0v) is 6.69. The zero-order valence-electron chi connectivity index (χ0n) is 5.69. The van der Waals surface area contributed by atoms with Crippen molar-refractivity contribution in [3.8, 4) is 0 Å². The van der Waals surface area contributed by atoms with Crippen LogP contribution in [0.2, 0.25) is 0 Å². The number of imidazole rings is 1. The van der Waals surface area contributed by atoms with E-state index in [2.05, 4.69) is 25.9 Å². The van der Waals surface area contributed by atoms with Crippen molar-refractivity contribution in [2.75, 3.05) is 0 Å². The third kappa shape index (κ3) is 2.31. The van der Waals surface area contributed by atoms with E-state index in [0.29, 0.717) is 0 Å². The molecule has 0 aromatic carbocycles. The van der Waals surface area contributed by atoms with Crippen LogP contribution in [0.15, 0.2) is 17.1 Å². The van der Waals surface area contributed by atoms with Gasteiger partial charge in [0, 0.05) is 12.4 Å². The van der Waals surface area contributed by atoms with Gasteiger partial charge in [0.25, 0.3) is 0 Å². The van der Waals surface area contributed by atoms with Crippen molar-refractivity contribution >= 4 is 39.0 Å². The van der Waals surface area contributed by atoms with E-state index in [1.54, 1.807) is 12.4 Å². The number of hydrogen-bond donors (Lipinski definition) is 1. The van der Waals surface area contributed by atoms with Crippen LogP contribution in [0.5, 0.6) is 0 Å². The molecule has 36 valence electrons. The predicted molar refractivity (Wildman–Crippen MR) is 34.3 cm³/mol. The molecule has 1 rings (SSSR count). The number of aromatic nitrogens is 2. The summed E-state index contributed by atoms with van der Waals surface area (Å²) in [4.78, 5) is 6.58. The predicted octanol–water partition coefficient (Wildman–Crippen LogP) is 1.02. The maximum absolute atomic E-state index is 3.78. The Kier molecular flexibility index (Phi) is 3.68. The molecule has 1 N–H and O–H groups in total. The fourth-order valence-corrected chi connectivity index (χ4v) is 0.496. The van der Waals surface area contributed by atoms with Gasteiger partial charge in [0.05, 0.1) is 0 Å². The Morgan fingerprint density at radius 2 is 2.57 bits per heavy atom. The number of nitrogens with one attached hydrogen (secondary N) is 1. The quantitative estimate of drug-likeness (QED) is 0.583. The van der Waals surface area contributed by atoms with Crippen LogP contribution in [0.25, 0.3) is 0 Å². The first kappa shape index (κ1) is 7.46. The minimum absolute atomic E-state index is 0. The number of rotatable bonds is 0. The van der Waals surface area contributed by atoms with Gasteiger partial charge in [0.1, 0.15) is 0 Å². The molecule has 7 heavy (non-hydrogen) atoms. The maximum atomic E-state index is 3.78. The van der Waals surface area contributed by atoms with E-state index in [1.165, 1.54) is 0 Å². The second-order valence-corrected chi connectivity index (χ2v) is 1.63. The molecule has 0 aliphatic heterocycles. The van der Waals surface area contributed by atoms with Gasteiger partial charge < -0.3 is 7.84 Å². The van der Waals surface area contributed by atoms with Crippen LogP contribution >= 0.6 is 15.9 Å². The standard InChI is InChI=1S/C3H3BrN2.Mg.2H/c4-3-5-1-2-6-3;;;/h1-2H,(H,5,6);;;/q;+2;2*-1. The van der Waals surface area contributed by atoms with E-state index >= 15 is 0 Å². The molecule has 0 atom stereocenters. The Morgan fingerprint density at radius 1 is 1.86 bits per heavy atom. The number of hydrogen-bond acceptors (Lipinski definition) is 1. The second-order valence-electron chi connectivity index (χ2n) is 0.880. The third-order valence-corrected chi connectivity index (χ3v) is 0.899. The molecule has 2 nitrogen and oxygen atoms in total. The minimum Gasteiger partial charge on any atom is -1.00 e. The summed E-state index contributed by atoms with van der Waals surface area (Å²) in [6.07, 6.45) is 3.44. The number of aromatic amines is 1. The van der Waals surface area contributed by atoms with Crippen LogP contribution in [0.4, 0.5) is 0 Å². The molecule has 0 saturated heterocycles. The van der Waals surface area contributed by atoms with Gasteiger partial charge >= 0.3 is 23.1 Å². The molecule has 0 radical (unpaired) electrons. The monoisotopic (exact) mass is 172 g/mol. The van der Waals surface area contributed by atoms with Crippen molar-refractivity contribution in [2.45, 2.75) is 0 Å². The Labute approximate surface area is 69.0 Å². The van der Waals surface area contributed by atoms with Crippen LogP contribution in [0.1, 0.15) is 2.85 Å². The summed E-state index contributed by atoms with van der Waals surface area (Å²) in [6.45, 7) is 0. The van der Waals surface area contributed by atoms with Crippen LogP contribution in [-0.2, 0) is 0 Å². The molecular weight excluding hydrogens is 168 g/mol. The molecule has 0 spiro atoms. The number of halogens is 1. The molecule has 1 aromatic heterocycles. The van der Waals surface area contributed by atoms with E-state index in [9.17, 15) is 0 Å². The van der Waals surface area contributed by atoms with E-state index in [4.69, 9.17) is 0 Å². The Balaban J connectivity index is -0.000000120. The molecule has 0 saturated carbocycles. The van der Waals surface area contributed by atoms with Crippen molar-refractivity contribution in [2.24, 2.45) is 0 Å². The Morgan fingerprint density at radius 3 is 2.71 bits per heavy atom. The third-order valence-electron chi connectivity index (χ3n) is 0.465. The summed E-state index contributed by atoms with van der Waals surface area (Å²) in [6, 6.07) is 0. The maximum Gasteiger partial charge on any atom is 2.00 e. The van der Waals surface area contributed by atoms with Crippen LogP contribution in [-0.4, -0.2) is 33.0 Å². The van der Waals surface area contributed by atoms with Crippen molar-refractivity contribution in [3.05, 3.63) is 17.1 Å². The van der Waals surface area contributed by atoms with Crippen molar-refractivity contribution in [3.63, 3.8) is 0 Å². The molecule has 0 fully saturated rings. The molecule has 0 bridgehead atoms. The van der Waals surface area contributed by atoms with Crippen LogP contribution in [0.3, 0.4) is 0 Å². The van der Waals surface area contributed by atoms with Crippen molar-refractivity contribution < 1.29 is 2.85 Å². The van der Waals surface area contributed by atoms with Gasteiger partial charge in [-0.1, -0.05) is 0 Å². The normalized spacial score (nSPS) is 7.57. The molecule has 1 aromatic rings. The molecule has 0 unspecified atom stereocenters. The first-order chi connectivity index (χ1) is 2.89. The van der Waals surface area contributed by atoms with Gasteiger partial charge in [-0.05, 0) is 15.9 Å². The molecule has 0 aliphatic rings. The van der Waals surface area contributed by atoms with Crippen LogP contribution in [0, 0.1) is 0 Å². The van der Waals surface area contributed by atoms with Gasteiger partial charge in [-0.15, -0.1) is 0 Å². The number of H-pyrrole nitrogens is 1. The average molecular weight is 173 g/mol. The molecular formula is C3H5BrMgN2. The first-order valence-corrected chi connectivity index (χ1v) is 2.34. The smallest absolute Gasteiger partial charge is 1.00 e. The molecule has 1 heterocycles. The summed E-state index contributed by atoms with van der Waals surface area (Å²) in [7, 11) is 0. The van der Waals surface area contributed by atoms with Gasteiger partial charge in [-0.25, -0.2) is 4.98 Å². The van der Waals surface area contributed by atoms with Gasteiger partial charge in [0.15, 0.2) is 4.73 Å². The number of nitrogens with zero attached hydrogens (tertiary/aromatic N) is 1.